The van der Waals surface area contributed by atoms with Gasteiger partial charge in [0, 0.05) is 17.6 Å². The van der Waals surface area contributed by atoms with Crippen molar-refractivity contribution in [2.75, 3.05) is 0 Å². The second-order valence-electron chi connectivity index (χ2n) is 7.38. The number of rotatable bonds is 6. The van der Waals surface area contributed by atoms with E-state index in [-0.39, 0.29) is 23.5 Å². The third-order valence-electron chi connectivity index (χ3n) is 4.99. The molecule has 0 fully saturated rings. The lowest BCUT2D eigenvalue weighted by molar-refractivity contribution is 0.357. The number of benzene rings is 2. The van der Waals surface area contributed by atoms with Gasteiger partial charge in [0.25, 0.3) is 5.56 Å². The molecule has 7 heteroatoms. The molecule has 1 N–H and O–H groups in total. The monoisotopic (exact) mass is 422 g/mol. The second kappa shape index (κ2) is 7.93. The number of fused-ring (bicyclic) bond motifs is 1. The molecule has 4 aromatic rings. The van der Waals surface area contributed by atoms with Crippen LogP contribution in [-0.4, -0.2) is 17.7 Å². The van der Waals surface area contributed by atoms with Gasteiger partial charge in [0.1, 0.15) is 5.76 Å². The van der Waals surface area contributed by atoms with E-state index in [9.17, 15) is 13.2 Å². The van der Waals surface area contributed by atoms with Crippen molar-refractivity contribution < 1.29 is 12.8 Å². The first-order valence-corrected chi connectivity index (χ1v) is 11.0. The van der Waals surface area contributed by atoms with Crippen LogP contribution in [0.4, 0.5) is 0 Å². The fourth-order valence-electron chi connectivity index (χ4n) is 3.34. The Morgan fingerprint density at radius 3 is 2.37 bits per heavy atom. The molecule has 6 nitrogen and oxygen atoms in total. The number of aromatic nitrogens is 1. The summed E-state index contributed by atoms with van der Waals surface area (Å²) in [7, 11) is -3.85. The van der Waals surface area contributed by atoms with Crippen LogP contribution < -0.4 is 5.56 Å². The predicted molar refractivity (Wildman–Crippen MR) is 116 cm³/mol. The zero-order chi connectivity index (χ0) is 21.3. The van der Waals surface area contributed by atoms with Crippen LogP contribution in [0.5, 0.6) is 0 Å². The molecule has 0 unspecified atom stereocenters. The average Bonchev–Trinajstić information content (AvgIpc) is 3.22. The Labute approximate surface area is 174 Å². The van der Waals surface area contributed by atoms with E-state index >= 15 is 0 Å². The van der Waals surface area contributed by atoms with Crippen LogP contribution in [0.25, 0.3) is 10.9 Å². The van der Waals surface area contributed by atoms with Crippen LogP contribution in [0, 0.1) is 13.8 Å². The van der Waals surface area contributed by atoms with Crippen molar-refractivity contribution in [2.24, 2.45) is 0 Å². The van der Waals surface area contributed by atoms with Gasteiger partial charge in [-0.2, -0.15) is 4.31 Å². The number of nitrogens with one attached hydrogen (secondary N) is 1. The molecule has 0 saturated carbocycles. The van der Waals surface area contributed by atoms with Gasteiger partial charge in [0.05, 0.1) is 17.7 Å². The molecule has 4 rings (SSSR count). The number of nitrogens with zero attached hydrogens (tertiary/aromatic N) is 1. The zero-order valence-corrected chi connectivity index (χ0v) is 17.6. The molecular formula is C23H22N2O4S. The lowest BCUT2D eigenvalue weighted by atomic mass is 10.1. The number of hydrogen-bond donors (Lipinski definition) is 1. The molecule has 0 bridgehead atoms. The molecule has 0 saturated heterocycles. The van der Waals surface area contributed by atoms with Gasteiger partial charge in [-0.1, -0.05) is 29.3 Å². The molecule has 0 atom stereocenters. The Morgan fingerprint density at radius 1 is 0.933 bits per heavy atom. The molecule has 0 radical (unpaired) electrons. The van der Waals surface area contributed by atoms with Gasteiger partial charge in [0.2, 0.25) is 10.0 Å². The molecule has 2 heterocycles. The lowest BCUT2D eigenvalue weighted by Crippen LogP contribution is -2.32. The molecule has 2 aromatic heterocycles. The smallest absolute Gasteiger partial charge is 0.252 e. The summed E-state index contributed by atoms with van der Waals surface area (Å²) in [5.74, 6) is 0.499. The van der Waals surface area contributed by atoms with E-state index < -0.39 is 10.0 Å². The minimum atomic E-state index is -3.85. The first kappa shape index (κ1) is 20.1. The van der Waals surface area contributed by atoms with Gasteiger partial charge in [0.15, 0.2) is 0 Å². The Kier molecular flexibility index (Phi) is 5.32. The lowest BCUT2D eigenvalue weighted by Gasteiger charge is -2.21. The van der Waals surface area contributed by atoms with Crippen molar-refractivity contribution in [3.8, 4) is 0 Å². The van der Waals surface area contributed by atoms with Gasteiger partial charge >= 0.3 is 0 Å². The van der Waals surface area contributed by atoms with Crippen molar-refractivity contribution in [1.82, 2.24) is 9.29 Å². The summed E-state index contributed by atoms with van der Waals surface area (Å²) in [6.07, 6.45) is 1.50. The summed E-state index contributed by atoms with van der Waals surface area (Å²) in [5.41, 5.74) is 2.80. The van der Waals surface area contributed by atoms with Crippen molar-refractivity contribution >= 4 is 20.9 Å². The van der Waals surface area contributed by atoms with E-state index in [0.717, 1.165) is 16.5 Å². The predicted octanol–water partition coefficient (Wildman–Crippen LogP) is 4.13. The standard InChI is InChI=1S/C23H22N2O4S/c1-16-5-8-21(9-6-16)30(27,28)25(15-20-4-3-11-29-20)14-19-13-18-12-17(2)7-10-22(18)24-23(19)26/h3-13H,14-15H2,1-2H3,(H,24,26). The number of pyridine rings is 1. The molecule has 0 aliphatic carbocycles. The number of aryl methyl sites for hydroxylation is 2. The molecule has 2 aromatic carbocycles. The Morgan fingerprint density at radius 2 is 1.67 bits per heavy atom. The Hall–Kier alpha value is -3.16. The van der Waals surface area contributed by atoms with Gasteiger partial charge < -0.3 is 9.40 Å². The minimum absolute atomic E-state index is 0.0223. The van der Waals surface area contributed by atoms with E-state index in [2.05, 4.69) is 4.98 Å². The number of aromatic amines is 1. The van der Waals surface area contributed by atoms with Gasteiger partial charge in [-0.15, -0.1) is 0 Å². The highest BCUT2D eigenvalue weighted by atomic mass is 32.2. The number of H-pyrrole nitrogens is 1. The molecule has 30 heavy (non-hydrogen) atoms. The average molecular weight is 423 g/mol. The summed E-state index contributed by atoms with van der Waals surface area (Å²) >= 11 is 0. The van der Waals surface area contributed by atoms with Crippen LogP contribution in [0.2, 0.25) is 0 Å². The van der Waals surface area contributed by atoms with E-state index in [4.69, 9.17) is 4.42 Å². The highest BCUT2D eigenvalue weighted by Crippen LogP contribution is 2.22. The first-order chi connectivity index (χ1) is 14.3. The summed E-state index contributed by atoms with van der Waals surface area (Å²) in [6.45, 7) is 3.81. The quantitative estimate of drug-likeness (QED) is 0.506. The maximum atomic E-state index is 13.4. The maximum absolute atomic E-state index is 13.4. The maximum Gasteiger partial charge on any atom is 0.252 e. The zero-order valence-electron chi connectivity index (χ0n) is 16.8. The van der Waals surface area contributed by atoms with Crippen LogP contribution >= 0.6 is 0 Å². The normalized spacial score (nSPS) is 12.0. The van der Waals surface area contributed by atoms with Gasteiger partial charge in [-0.05, 0) is 61.7 Å². The van der Waals surface area contributed by atoms with Crippen molar-refractivity contribution in [2.45, 2.75) is 31.8 Å². The molecule has 0 aliphatic heterocycles. The second-order valence-corrected chi connectivity index (χ2v) is 9.32. The summed E-state index contributed by atoms with van der Waals surface area (Å²) < 4.78 is 33.4. The highest BCUT2D eigenvalue weighted by molar-refractivity contribution is 7.89. The van der Waals surface area contributed by atoms with Crippen molar-refractivity contribution in [3.63, 3.8) is 0 Å². The molecule has 0 spiro atoms. The van der Waals surface area contributed by atoms with E-state index in [0.29, 0.717) is 16.8 Å². The van der Waals surface area contributed by atoms with Gasteiger partial charge in [-0.3, -0.25) is 4.79 Å². The van der Waals surface area contributed by atoms with Crippen LogP contribution in [-0.2, 0) is 23.1 Å². The largest absolute Gasteiger partial charge is 0.468 e. The molecular weight excluding hydrogens is 400 g/mol. The fraction of sp³-hybridized carbons (Fsp3) is 0.174. The summed E-state index contributed by atoms with van der Waals surface area (Å²) in [6, 6.07) is 17.6. The van der Waals surface area contributed by atoms with Crippen LogP contribution in [0.1, 0.15) is 22.5 Å². The van der Waals surface area contributed by atoms with E-state index in [1.165, 1.54) is 10.6 Å². The van der Waals surface area contributed by atoms with Crippen LogP contribution in [0.15, 0.2) is 81.0 Å². The number of hydrogen-bond acceptors (Lipinski definition) is 4. The summed E-state index contributed by atoms with van der Waals surface area (Å²) in [5, 5.41) is 0.857. The minimum Gasteiger partial charge on any atom is -0.468 e. The number of furan rings is 1. The van der Waals surface area contributed by atoms with Crippen LogP contribution in [0.3, 0.4) is 0 Å². The third kappa shape index (κ3) is 4.08. The first-order valence-electron chi connectivity index (χ1n) is 9.55. The third-order valence-corrected chi connectivity index (χ3v) is 6.80. The Bertz CT molecular complexity index is 1340. The Balaban J connectivity index is 1.77. The van der Waals surface area contributed by atoms with Gasteiger partial charge in [-0.25, -0.2) is 8.42 Å². The SMILES string of the molecule is Cc1ccc(S(=O)(=O)N(Cc2ccco2)Cc2cc3cc(C)ccc3[nH]c2=O)cc1. The number of sulfonamides is 1. The summed E-state index contributed by atoms with van der Waals surface area (Å²) in [4.78, 5) is 15.7. The fourth-order valence-corrected chi connectivity index (χ4v) is 4.72. The molecule has 0 aliphatic rings. The van der Waals surface area contributed by atoms with E-state index in [1.807, 2.05) is 32.0 Å². The van der Waals surface area contributed by atoms with Crippen molar-refractivity contribution in [1.29, 1.82) is 0 Å². The highest BCUT2D eigenvalue weighted by Gasteiger charge is 2.26. The van der Waals surface area contributed by atoms with E-state index in [1.54, 1.807) is 42.5 Å². The van der Waals surface area contributed by atoms with Crippen molar-refractivity contribution in [3.05, 3.63) is 99.7 Å². The molecule has 0 amide bonds. The topological polar surface area (TPSA) is 83.4 Å². The molecule has 154 valence electrons.